The van der Waals surface area contributed by atoms with Gasteiger partial charge in [-0.25, -0.2) is 0 Å². The number of rotatable bonds is 7. The van der Waals surface area contributed by atoms with Gasteiger partial charge in [0.1, 0.15) is 5.69 Å². The van der Waals surface area contributed by atoms with Crippen LogP contribution in [0.4, 0.5) is 17.1 Å². The number of nitrogens with zero attached hydrogens (tertiary/aromatic N) is 7. The molecular formula is C15H11IN8O4. The van der Waals surface area contributed by atoms with Crippen molar-refractivity contribution >= 4 is 45.9 Å². The molecule has 13 heteroatoms. The van der Waals surface area contributed by atoms with E-state index >= 15 is 0 Å². The number of hydrogen-bond donors (Lipinski definition) is 1. The quantitative estimate of drug-likeness (QED) is 0.228. The number of benzene rings is 2. The van der Waals surface area contributed by atoms with E-state index in [1.165, 1.54) is 12.3 Å². The van der Waals surface area contributed by atoms with Gasteiger partial charge in [0, 0.05) is 22.3 Å². The van der Waals surface area contributed by atoms with E-state index in [1.54, 1.807) is 4.68 Å². The molecule has 0 saturated heterocycles. The van der Waals surface area contributed by atoms with Crippen LogP contribution in [0.3, 0.4) is 0 Å². The Morgan fingerprint density at radius 3 is 2.57 bits per heavy atom. The minimum absolute atomic E-state index is 0.0316. The summed E-state index contributed by atoms with van der Waals surface area (Å²) in [6.45, 7) is 0. The highest BCUT2D eigenvalue weighted by molar-refractivity contribution is 14.1. The molecule has 0 atom stereocenters. The fourth-order valence-corrected chi connectivity index (χ4v) is 2.60. The standard InChI is InChI=1S/C15H11IN8O4/c16-10-1-3-11(4-2-10)22-15(19-20-21-22)7-8-17-18-13-6-5-12(23(25)26)9-14(13)24(27)28/h1-6,8-9,18H,7H2/b17-8+. The second-order valence-electron chi connectivity index (χ2n) is 5.33. The van der Waals surface area contributed by atoms with E-state index in [4.69, 9.17) is 0 Å². The predicted molar refractivity (Wildman–Crippen MR) is 107 cm³/mol. The lowest BCUT2D eigenvalue weighted by molar-refractivity contribution is -0.393. The average molecular weight is 494 g/mol. The molecule has 0 fully saturated rings. The van der Waals surface area contributed by atoms with E-state index in [2.05, 4.69) is 48.6 Å². The van der Waals surface area contributed by atoms with Gasteiger partial charge >= 0.3 is 5.69 Å². The fourth-order valence-electron chi connectivity index (χ4n) is 2.24. The summed E-state index contributed by atoms with van der Waals surface area (Å²) in [6, 6.07) is 10.8. The summed E-state index contributed by atoms with van der Waals surface area (Å²) >= 11 is 2.19. The fraction of sp³-hybridized carbons (Fsp3) is 0.0667. The summed E-state index contributed by atoms with van der Waals surface area (Å²) < 4.78 is 2.63. The van der Waals surface area contributed by atoms with Gasteiger partial charge in [-0.1, -0.05) is 0 Å². The van der Waals surface area contributed by atoms with E-state index in [1.807, 2.05) is 24.3 Å². The third-order valence-corrected chi connectivity index (χ3v) is 4.26. The zero-order valence-electron chi connectivity index (χ0n) is 14.0. The van der Waals surface area contributed by atoms with Crippen LogP contribution in [-0.4, -0.2) is 36.3 Å². The normalized spacial score (nSPS) is 10.9. The molecule has 0 aliphatic carbocycles. The van der Waals surface area contributed by atoms with Gasteiger partial charge in [-0.05, 0) is 63.3 Å². The van der Waals surface area contributed by atoms with E-state index in [-0.39, 0.29) is 17.8 Å². The number of non-ortho nitro benzene ring substituents is 1. The Kier molecular flexibility index (Phi) is 5.83. The Hall–Kier alpha value is -3.49. The van der Waals surface area contributed by atoms with Crippen molar-refractivity contribution in [2.75, 3.05) is 5.43 Å². The molecule has 1 heterocycles. The van der Waals surface area contributed by atoms with E-state index < -0.39 is 15.5 Å². The molecule has 3 rings (SSSR count). The number of nitro benzene ring substituents is 2. The molecule has 0 spiro atoms. The van der Waals surface area contributed by atoms with Gasteiger partial charge in [-0.15, -0.1) is 5.10 Å². The molecule has 2 aromatic carbocycles. The second-order valence-corrected chi connectivity index (χ2v) is 6.57. The lowest BCUT2D eigenvalue weighted by atomic mass is 10.2. The minimum Gasteiger partial charge on any atom is -0.272 e. The number of anilines is 1. The average Bonchev–Trinajstić information content (AvgIpc) is 3.14. The van der Waals surface area contributed by atoms with Gasteiger partial charge < -0.3 is 0 Å². The Labute approximate surface area is 170 Å². The molecule has 0 aliphatic rings. The van der Waals surface area contributed by atoms with Crippen molar-refractivity contribution in [3.63, 3.8) is 0 Å². The van der Waals surface area contributed by atoms with Crippen LogP contribution in [-0.2, 0) is 6.42 Å². The molecule has 0 bridgehead atoms. The summed E-state index contributed by atoms with van der Waals surface area (Å²) in [5, 5.41) is 37.3. The summed E-state index contributed by atoms with van der Waals surface area (Å²) in [4.78, 5) is 20.4. The molecule has 142 valence electrons. The molecule has 1 N–H and O–H groups in total. The van der Waals surface area contributed by atoms with Gasteiger partial charge in [-0.2, -0.15) is 9.78 Å². The van der Waals surface area contributed by atoms with Crippen molar-refractivity contribution in [1.82, 2.24) is 20.2 Å². The van der Waals surface area contributed by atoms with Crippen LogP contribution in [0.5, 0.6) is 0 Å². The second kappa shape index (κ2) is 8.47. The topological polar surface area (TPSA) is 154 Å². The van der Waals surface area contributed by atoms with E-state index in [0.29, 0.717) is 5.82 Å². The SMILES string of the molecule is O=[N+]([O-])c1ccc(N/N=C/Cc2nnnn2-c2ccc(I)cc2)c([N+](=O)[O-])c1. The van der Waals surface area contributed by atoms with Crippen LogP contribution in [0.2, 0.25) is 0 Å². The van der Waals surface area contributed by atoms with Gasteiger partial charge in [0.15, 0.2) is 5.82 Å². The first-order valence-corrected chi connectivity index (χ1v) is 8.77. The summed E-state index contributed by atoms with van der Waals surface area (Å²) in [6.07, 6.45) is 1.70. The van der Waals surface area contributed by atoms with Crippen molar-refractivity contribution in [1.29, 1.82) is 0 Å². The van der Waals surface area contributed by atoms with Crippen LogP contribution in [0.1, 0.15) is 5.82 Å². The van der Waals surface area contributed by atoms with E-state index in [0.717, 1.165) is 21.4 Å². The van der Waals surface area contributed by atoms with Crippen molar-refractivity contribution in [2.24, 2.45) is 5.10 Å². The monoisotopic (exact) mass is 494 g/mol. The first-order valence-electron chi connectivity index (χ1n) is 7.69. The molecular weight excluding hydrogens is 483 g/mol. The van der Waals surface area contributed by atoms with Gasteiger partial charge in [0.05, 0.1) is 21.6 Å². The number of tetrazole rings is 1. The number of aromatic nitrogens is 4. The highest BCUT2D eigenvalue weighted by atomic mass is 127. The molecule has 0 aliphatic heterocycles. The molecule has 0 amide bonds. The molecule has 12 nitrogen and oxygen atoms in total. The molecule has 0 unspecified atom stereocenters. The lowest BCUT2D eigenvalue weighted by Gasteiger charge is -2.03. The molecule has 1 aromatic heterocycles. The Morgan fingerprint density at radius 2 is 1.89 bits per heavy atom. The smallest absolute Gasteiger partial charge is 0.272 e. The van der Waals surface area contributed by atoms with E-state index in [9.17, 15) is 20.2 Å². The molecule has 0 saturated carbocycles. The highest BCUT2D eigenvalue weighted by Crippen LogP contribution is 2.28. The van der Waals surface area contributed by atoms with Crippen molar-refractivity contribution in [3.05, 3.63) is 72.1 Å². The first kappa shape index (κ1) is 19.3. The Bertz CT molecular complexity index is 1050. The Morgan fingerprint density at radius 1 is 1.14 bits per heavy atom. The largest absolute Gasteiger partial charge is 0.301 e. The van der Waals surface area contributed by atoms with Crippen molar-refractivity contribution in [2.45, 2.75) is 6.42 Å². The summed E-state index contributed by atoms with van der Waals surface area (Å²) in [5.74, 6) is 0.518. The first-order chi connectivity index (χ1) is 13.5. The number of hydrazone groups is 1. The summed E-state index contributed by atoms with van der Waals surface area (Å²) in [5.41, 5.74) is 2.51. The highest BCUT2D eigenvalue weighted by Gasteiger charge is 2.19. The van der Waals surface area contributed by atoms with Crippen LogP contribution in [0.15, 0.2) is 47.6 Å². The maximum absolute atomic E-state index is 11.1. The molecule has 0 radical (unpaired) electrons. The van der Waals surface area contributed by atoms with Crippen molar-refractivity contribution < 1.29 is 9.85 Å². The molecule has 28 heavy (non-hydrogen) atoms. The lowest BCUT2D eigenvalue weighted by Crippen LogP contribution is -2.05. The molecule has 3 aromatic rings. The third-order valence-electron chi connectivity index (χ3n) is 3.54. The number of halogens is 1. The maximum Gasteiger partial charge on any atom is 0.301 e. The van der Waals surface area contributed by atoms with Gasteiger partial charge in [0.25, 0.3) is 5.69 Å². The van der Waals surface area contributed by atoms with Crippen LogP contribution >= 0.6 is 22.6 Å². The number of hydrogen-bond acceptors (Lipinski definition) is 9. The van der Waals surface area contributed by atoms with Crippen LogP contribution in [0.25, 0.3) is 5.69 Å². The van der Waals surface area contributed by atoms with Gasteiger partial charge in [-0.3, -0.25) is 25.7 Å². The Balaban J connectivity index is 1.72. The number of nitrogens with one attached hydrogen (secondary N) is 1. The third kappa shape index (κ3) is 4.43. The number of nitro groups is 2. The predicted octanol–water partition coefficient (Wildman–Crippen LogP) is 2.72. The van der Waals surface area contributed by atoms with Crippen LogP contribution < -0.4 is 5.43 Å². The zero-order valence-corrected chi connectivity index (χ0v) is 16.1. The van der Waals surface area contributed by atoms with Crippen LogP contribution in [0, 0.1) is 23.8 Å². The van der Waals surface area contributed by atoms with Crippen molar-refractivity contribution in [3.8, 4) is 5.69 Å². The maximum atomic E-state index is 11.1. The minimum atomic E-state index is -0.720. The summed E-state index contributed by atoms with van der Waals surface area (Å²) in [7, 11) is 0. The van der Waals surface area contributed by atoms with Gasteiger partial charge in [0.2, 0.25) is 0 Å². The zero-order chi connectivity index (χ0) is 20.1.